The van der Waals surface area contributed by atoms with Crippen molar-refractivity contribution in [1.29, 1.82) is 5.26 Å². The molecule has 1 aromatic carbocycles. The van der Waals surface area contributed by atoms with Crippen LogP contribution in [0.3, 0.4) is 0 Å². The van der Waals surface area contributed by atoms with E-state index in [9.17, 15) is 4.79 Å². The number of hydrogen-bond donors (Lipinski definition) is 1. The lowest BCUT2D eigenvalue weighted by Gasteiger charge is -2.02. The minimum absolute atomic E-state index is 0.108. The highest BCUT2D eigenvalue weighted by Gasteiger charge is 2.13. The summed E-state index contributed by atoms with van der Waals surface area (Å²) in [4.78, 5) is 10.7. The number of hydrogen-bond acceptors (Lipinski definition) is 2. The van der Waals surface area contributed by atoms with E-state index >= 15 is 0 Å². The van der Waals surface area contributed by atoms with Gasteiger partial charge in [-0.1, -0.05) is 0 Å². The topological polar surface area (TPSA) is 61.1 Å². The number of carbonyl (C=O) groups is 1. The summed E-state index contributed by atoms with van der Waals surface area (Å²) in [5.74, 6) is -1.04. The van der Waals surface area contributed by atoms with Crippen LogP contribution in [0.2, 0.25) is 0 Å². The number of halogens is 2. The summed E-state index contributed by atoms with van der Waals surface area (Å²) in [6.07, 6.45) is 0. The summed E-state index contributed by atoms with van der Waals surface area (Å²) in [6.45, 7) is 0. The summed E-state index contributed by atoms with van der Waals surface area (Å²) in [5, 5.41) is 17.5. The molecule has 0 spiro atoms. The number of rotatable bonds is 1. The summed E-state index contributed by atoms with van der Waals surface area (Å²) in [5.41, 5.74) is 0.470. The van der Waals surface area contributed by atoms with E-state index < -0.39 is 5.97 Å². The van der Waals surface area contributed by atoms with Crippen LogP contribution in [-0.4, -0.2) is 11.1 Å². The molecule has 0 saturated carbocycles. The van der Waals surface area contributed by atoms with Crippen molar-refractivity contribution in [1.82, 2.24) is 0 Å². The molecule has 0 fully saturated rings. The monoisotopic (exact) mass is 351 g/mol. The van der Waals surface area contributed by atoms with Crippen LogP contribution in [-0.2, 0) is 0 Å². The second-order valence-corrected chi connectivity index (χ2v) is 4.16. The Morgan fingerprint density at radius 1 is 1.62 bits per heavy atom. The fourth-order valence-corrected chi connectivity index (χ4v) is 2.36. The predicted octanol–water partition coefficient (Wildman–Crippen LogP) is 2.62. The van der Waals surface area contributed by atoms with Crippen molar-refractivity contribution in [2.45, 2.75) is 0 Å². The Balaban J connectivity index is 3.47. The fraction of sp³-hybridized carbons (Fsp3) is 0. The molecule has 1 aromatic rings. The second kappa shape index (κ2) is 4.07. The first-order valence-electron chi connectivity index (χ1n) is 3.19. The fourth-order valence-electron chi connectivity index (χ4n) is 0.820. The molecule has 0 amide bonds. The standard InChI is InChI=1S/C8H3BrINO2/c9-7-4(8(12)13)1-2-6(10)5(7)3-11/h1-2H,(H,12,13). The number of aromatic carboxylic acids is 1. The van der Waals surface area contributed by atoms with Crippen molar-refractivity contribution in [3.63, 3.8) is 0 Å². The highest BCUT2D eigenvalue weighted by atomic mass is 127. The van der Waals surface area contributed by atoms with Crippen LogP contribution in [0, 0.1) is 14.9 Å². The van der Waals surface area contributed by atoms with Gasteiger partial charge in [-0.15, -0.1) is 0 Å². The molecule has 0 aliphatic heterocycles. The molecule has 3 nitrogen and oxygen atoms in total. The zero-order valence-corrected chi connectivity index (χ0v) is 9.96. The molecular weight excluding hydrogens is 349 g/mol. The highest BCUT2D eigenvalue weighted by molar-refractivity contribution is 14.1. The van der Waals surface area contributed by atoms with Crippen molar-refractivity contribution in [3.05, 3.63) is 31.3 Å². The van der Waals surface area contributed by atoms with Gasteiger partial charge in [-0.2, -0.15) is 5.26 Å². The molecule has 0 aromatic heterocycles. The van der Waals surface area contributed by atoms with Gasteiger partial charge < -0.3 is 5.11 Å². The molecule has 0 bridgehead atoms. The molecule has 0 heterocycles. The summed E-state index contributed by atoms with van der Waals surface area (Å²) in [7, 11) is 0. The average Bonchev–Trinajstić information content (AvgIpc) is 2.04. The van der Waals surface area contributed by atoms with E-state index in [2.05, 4.69) is 15.9 Å². The van der Waals surface area contributed by atoms with Gasteiger partial charge in [-0.05, 0) is 50.7 Å². The lowest BCUT2D eigenvalue weighted by molar-refractivity contribution is 0.0696. The number of carboxylic acids is 1. The molecule has 0 aliphatic carbocycles. The molecule has 1 N–H and O–H groups in total. The van der Waals surface area contributed by atoms with Crippen LogP contribution in [0.5, 0.6) is 0 Å². The SMILES string of the molecule is N#Cc1c(I)ccc(C(=O)O)c1Br. The maximum Gasteiger partial charge on any atom is 0.336 e. The molecule has 0 unspecified atom stereocenters. The van der Waals surface area contributed by atoms with E-state index in [0.29, 0.717) is 10.0 Å². The molecule has 5 heteroatoms. The minimum atomic E-state index is -1.04. The zero-order chi connectivity index (χ0) is 10.0. The van der Waals surface area contributed by atoms with Crippen molar-refractivity contribution >= 4 is 44.5 Å². The molecule has 0 aliphatic rings. The Labute approximate surface area is 96.6 Å². The van der Waals surface area contributed by atoms with E-state index in [-0.39, 0.29) is 5.56 Å². The lowest BCUT2D eigenvalue weighted by Crippen LogP contribution is -2.00. The Hall–Kier alpha value is -0.610. The van der Waals surface area contributed by atoms with Crippen LogP contribution < -0.4 is 0 Å². The molecule has 13 heavy (non-hydrogen) atoms. The number of nitriles is 1. The molecule has 66 valence electrons. The van der Waals surface area contributed by atoms with Crippen molar-refractivity contribution in [2.75, 3.05) is 0 Å². The third-order valence-electron chi connectivity index (χ3n) is 1.43. The van der Waals surface area contributed by atoms with Gasteiger partial charge in [0.25, 0.3) is 0 Å². The van der Waals surface area contributed by atoms with Crippen LogP contribution in [0.15, 0.2) is 16.6 Å². The molecule has 0 saturated heterocycles. The van der Waals surface area contributed by atoms with Gasteiger partial charge in [0, 0.05) is 3.57 Å². The van der Waals surface area contributed by atoms with Gasteiger partial charge in [0.2, 0.25) is 0 Å². The third-order valence-corrected chi connectivity index (χ3v) is 3.16. The predicted molar refractivity (Wildman–Crippen MR) is 58.5 cm³/mol. The Kier molecular flexibility index (Phi) is 3.27. The Morgan fingerprint density at radius 2 is 2.23 bits per heavy atom. The van der Waals surface area contributed by atoms with E-state index in [1.807, 2.05) is 28.7 Å². The normalized spacial score (nSPS) is 9.31. The quantitative estimate of drug-likeness (QED) is 0.791. The summed E-state index contributed by atoms with van der Waals surface area (Å²) in [6, 6.07) is 5.01. The first-order valence-corrected chi connectivity index (χ1v) is 5.06. The van der Waals surface area contributed by atoms with Crippen molar-refractivity contribution in [2.24, 2.45) is 0 Å². The van der Waals surface area contributed by atoms with Gasteiger partial charge in [-0.25, -0.2) is 4.79 Å². The second-order valence-electron chi connectivity index (χ2n) is 2.20. The summed E-state index contributed by atoms with van der Waals surface area (Å²) >= 11 is 5.07. The first kappa shape index (κ1) is 10.5. The van der Waals surface area contributed by atoms with Crippen molar-refractivity contribution in [3.8, 4) is 6.07 Å². The van der Waals surface area contributed by atoms with Crippen LogP contribution in [0.4, 0.5) is 0 Å². The van der Waals surface area contributed by atoms with E-state index in [4.69, 9.17) is 10.4 Å². The van der Waals surface area contributed by atoms with Crippen LogP contribution >= 0.6 is 38.5 Å². The smallest absolute Gasteiger partial charge is 0.336 e. The van der Waals surface area contributed by atoms with Gasteiger partial charge in [-0.3, -0.25) is 0 Å². The van der Waals surface area contributed by atoms with Gasteiger partial charge in [0.1, 0.15) is 6.07 Å². The average molecular weight is 352 g/mol. The number of carboxylic acid groups (broad SMARTS) is 1. The maximum atomic E-state index is 10.7. The van der Waals surface area contributed by atoms with Crippen LogP contribution in [0.25, 0.3) is 0 Å². The van der Waals surface area contributed by atoms with E-state index in [1.165, 1.54) is 6.07 Å². The first-order chi connectivity index (χ1) is 6.07. The van der Waals surface area contributed by atoms with Gasteiger partial charge >= 0.3 is 5.97 Å². The maximum absolute atomic E-state index is 10.7. The van der Waals surface area contributed by atoms with Gasteiger partial charge in [0.05, 0.1) is 15.6 Å². The molecule has 0 radical (unpaired) electrons. The molecule has 1 rings (SSSR count). The van der Waals surface area contributed by atoms with Crippen LogP contribution in [0.1, 0.15) is 15.9 Å². The third kappa shape index (κ3) is 2.00. The van der Waals surface area contributed by atoms with Crippen molar-refractivity contribution < 1.29 is 9.90 Å². The number of benzene rings is 1. The Bertz CT molecular complexity index is 411. The lowest BCUT2D eigenvalue weighted by atomic mass is 10.1. The minimum Gasteiger partial charge on any atom is -0.478 e. The molecule has 0 atom stereocenters. The summed E-state index contributed by atoms with van der Waals surface area (Å²) < 4.78 is 1.08. The largest absolute Gasteiger partial charge is 0.478 e. The molecular formula is C8H3BrINO2. The zero-order valence-electron chi connectivity index (χ0n) is 6.21. The Morgan fingerprint density at radius 3 is 2.69 bits per heavy atom. The highest BCUT2D eigenvalue weighted by Crippen LogP contribution is 2.25. The van der Waals surface area contributed by atoms with Gasteiger partial charge in [0.15, 0.2) is 0 Å². The number of nitrogens with zero attached hydrogens (tertiary/aromatic N) is 1. The van der Waals surface area contributed by atoms with E-state index in [0.717, 1.165) is 3.57 Å². The van der Waals surface area contributed by atoms with E-state index in [1.54, 1.807) is 6.07 Å².